The minimum absolute atomic E-state index is 0.889. The lowest BCUT2D eigenvalue weighted by Gasteiger charge is -2.41. The van der Waals surface area contributed by atoms with Crippen LogP contribution in [-0.2, 0) is 6.54 Å². The highest BCUT2D eigenvalue weighted by molar-refractivity contribution is 5.40. The highest BCUT2D eigenvalue weighted by Gasteiger charge is 2.30. The smallest absolute Gasteiger partial charge is 0.0317 e. The molecule has 2 N–H and O–H groups in total. The second-order valence-corrected chi connectivity index (χ2v) is 5.84. The first-order chi connectivity index (χ1) is 8.29. The highest BCUT2D eigenvalue weighted by Crippen LogP contribution is 2.34. The predicted molar refractivity (Wildman–Crippen MR) is 71.6 cm³/mol. The molecule has 0 spiro atoms. The molecular weight excluding hydrogens is 208 g/mol. The quantitative estimate of drug-likeness (QED) is 0.792. The van der Waals surface area contributed by atoms with E-state index in [4.69, 9.17) is 5.73 Å². The summed E-state index contributed by atoms with van der Waals surface area (Å²) in [5, 5.41) is 0. The Morgan fingerprint density at radius 2 is 1.94 bits per heavy atom. The van der Waals surface area contributed by atoms with Crippen LogP contribution in [0.1, 0.15) is 31.2 Å². The minimum Gasteiger partial charge on any atom is -0.399 e. The van der Waals surface area contributed by atoms with Crippen molar-refractivity contribution in [1.82, 2.24) is 4.90 Å². The van der Waals surface area contributed by atoms with Crippen molar-refractivity contribution in [2.75, 3.05) is 18.8 Å². The Labute approximate surface area is 104 Å². The number of hydrogen-bond donors (Lipinski definition) is 1. The second kappa shape index (κ2) is 4.69. The summed E-state index contributed by atoms with van der Waals surface area (Å²) in [6.45, 7) is 3.68. The number of fused-ring (bicyclic) bond motifs is 2. The first-order valence-electron chi connectivity index (χ1n) is 6.86. The molecule has 1 aliphatic heterocycles. The van der Waals surface area contributed by atoms with Gasteiger partial charge in [-0.3, -0.25) is 4.90 Å². The molecule has 1 saturated carbocycles. The molecule has 1 saturated heterocycles. The maximum Gasteiger partial charge on any atom is 0.0317 e. The fourth-order valence-corrected chi connectivity index (χ4v) is 3.62. The number of likely N-dealkylation sites (tertiary alicyclic amines) is 1. The van der Waals surface area contributed by atoms with Gasteiger partial charge in [-0.25, -0.2) is 0 Å². The molecule has 17 heavy (non-hydrogen) atoms. The summed E-state index contributed by atoms with van der Waals surface area (Å²) in [6.07, 6.45) is 5.84. The van der Waals surface area contributed by atoms with Gasteiger partial charge in [-0.1, -0.05) is 18.6 Å². The lowest BCUT2D eigenvalue weighted by Crippen LogP contribution is -2.42. The maximum absolute atomic E-state index is 5.84. The molecule has 2 nitrogen and oxygen atoms in total. The largest absolute Gasteiger partial charge is 0.399 e. The molecule has 0 amide bonds. The molecule has 1 heterocycles. The third-order valence-corrected chi connectivity index (χ3v) is 4.28. The Balaban J connectivity index is 1.65. The van der Waals surface area contributed by atoms with Gasteiger partial charge in [-0.15, -0.1) is 0 Å². The summed E-state index contributed by atoms with van der Waals surface area (Å²) in [6, 6.07) is 8.34. The molecule has 1 aliphatic carbocycles. The van der Waals surface area contributed by atoms with Gasteiger partial charge in [0.25, 0.3) is 0 Å². The topological polar surface area (TPSA) is 29.3 Å². The van der Waals surface area contributed by atoms with Crippen LogP contribution in [0.4, 0.5) is 5.69 Å². The molecule has 0 aromatic heterocycles. The van der Waals surface area contributed by atoms with E-state index in [1.54, 1.807) is 0 Å². The van der Waals surface area contributed by atoms with Crippen LogP contribution in [0, 0.1) is 11.8 Å². The Hall–Kier alpha value is -1.02. The van der Waals surface area contributed by atoms with Gasteiger partial charge in [0.15, 0.2) is 0 Å². The Morgan fingerprint density at radius 1 is 1.18 bits per heavy atom. The summed E-state index contributed by atoms with van der Waals surface area (Å²) >= 11 is 0. The fraction of sp³-hybridized carbons (Fsp3) is 0.600. The van der Waals surface area contributed by atoms with E-state index >= 15 is 0 Å². The molecule has 0 radical (unpaired) electrons. The van der Waals surface area contributed by atoms with Gasteiger partial charge in [0.05, 0.1) is 0 Å². The highest BCUT2D eigenvalue weighted by atomic mass is 15.1. The van der Waals surface area contributed by atoms with E-state index in [-0.39, 0.29) is 0 Å². The maximum atomic E-state index is 5.84. The summed E-state index contributed by atoms with van der Waals surface area (Å²) in [4.78, 5) is 2.63. The minimum atomic E-state index is 0.889. The summed E-state index contributed by atoms with van der Waals surface area (Å²) < 4.78 is 0. The summed E-state index contributed by atoms with van der Waals surface area (Å²) in [5.74, 6) is 1.92. The first kappa shape index (κ1) is 11.1. The molecule has 1 aromatic carbocycles. The number of nitrogens with zero attached hydrogens (tertiary/aromatic N) is 1. The van der Waals surface area contributed by atoms with Crippen molar-refractivity contribution in [3.63, 3.8) is 0 Å². The van der Waals surface area contributed by atoms with E-state index in [2.05, 4.69) is 23.1 Å². The molecule has 2 aliphatic rings. The van der Waals surface area contributed by atoms with Crippen LogP contribution in [0.2, 0.25) is 0 Å². The fourth-order valence-electron chi connectivity index (χ4n) is 3.62. The van der Waals surface area contributed by atoms with Gasteiger partial charge in [-0.2, -0.15) is 0 Å². The van der Waals surface area contributed by atoms with Crippen molar-refractivity contribution < 1.29 is 0 Å². The third-order valence-electron chi connectivity index (χ3n) is 4.28. The normalized spacial score (nSPS) is 29.2. The number of anilines is 1. The van der Waals surface area contributed by atoms with Crippen molar-refractivity contribution in [2.45, 2.75) is 32.2 Å². The average molecular weight is 230 g/mol. The van der Waals surface area contributed by atoms with Gasteiger partial charge in [0, 0.05) is 25.3 Å². The summed E-state index contributed by atoms with van der Waals surface area (Å²) in [7, 11) is 0. The molecule has 2 atom stereocenters. The van der Waals surface area contributed by atoms with Crippen molar-refractivity contribution in [3.8, 4) is 0 Å². The number of benzene rings is 1. The molecular formula is C15H22N2. The van der Waals surface area contributed by atoms with E-state index < -0.39 is 0 Å². The number of nitrogens with two attached hydrogens (primary N) is 1. The zero-order valence-electron chi connectivity index (χ0n) is 10.4. The van der Waals surface area contributed by atoms with E-state index in [9.17, 15) is 0 Å². The third kappa shape index (κ3) is 2.63. The Morgan fingerprint density at radius 3 is 2.65 bits per heavy atom. The number of piperidine rings is 1. The van der Waals surface area contributed by atoms with Crippen LogP contribution in [0.15, 0.2) is 24.3 Å². The van der Waals surface area contributed by atoms with Crippen molar-refractivity contribution in [3.05, 3.63) is 29.8 Å². The van der Waals surface area contributed by atoms with Crippen LogP contribution in [0.3, 0.4) is 0 Å². The van der Waals surface area contributed by atoms with Crippen molar-refractivity contribution in [2.24, 2.45) is 11.8 Å². The lowest BCUT2D eigenvalue weighted by atomic mass is 9.78. The first-order valence-corrected chi connectivity index (χ1v) is 6.86. The van der Waals surface area contributed by atoms with Gasteiger partial charge in [0.1, 0.15) is 0 Å². The summed E-state index contributed by atoms with van der Waals surface area (Å²) in [5.41, 5.74) is 8.09. The van der Waals surface area contributed by atoms with E-state index in [1.807, 2.05) is 6.07 Å². The van der Waals surface area contributed by atoms with Gasteiger partial charge < -0.3 is 5.73 Å². The monoisotopic (exact) mass is 230 g/mol. The zero-order chi connectivity index (χ0) is 11.7. The van der Waals surface area contributed by atoms with Gasteiger partial charge >= 0.3 is 0 Å². The lowest BCUT2D eigenvalue weighted by molar-refractivity contribution is 0.0808. The van der Waals surface area contributed by atoms with Crippen molar-refractivity contribution in [1.29, 1.82) is 0 Å². The van der Waals surface area contributed by atoms with Crippen LogP contribution in [0.5, 0.6) is 0 Å². The number of hydrogen-bond acceptors (Lipinski definition) is 2. The van der Waals surface area contributed by atoms with Crippen LogP contribution in [-0.4, -0.2) is 18.0 Å². The van der Waals surface area contributed by atoms with Crippen LogP contribution in [0.25, 0.3) is 0 Å². The molecule has 1 aromatic rings. The number of rotatable bonds is 2. The molecule has 2 bridgehead atoms. The van der Waals surface area contributed by atoms with Crippen LogP contribution < -0.4 is 5.73 Å². The van der Waals surface area contributed by atoms with E-state index in [0.29, 0.717) is 0 Å². The SMILES string of the molecule is Nc1cccc(CN2CC3CCCC(C3)C2)c1. The molecule has 2 unspecified atom stereocenters. The zero-order valence-corrected chi connectivity index (χ0v) is 10.4. The Kier molecular flexibility index (Phi) is 3.06. The molecule has 92 valence electrons. The van der Waals surface area contributed by atoms with Crippen LogP contribution >= 0.6 is 0 Å². The molecule has 2 fully saturated rings. The predicted octanol–water partition coefficient (Wildman–Crippen LogP) is 2.89. The van der Waals surface area contributed by atoms with Gasteiger partial charge in [-0.05, 0) is 48.8 Å². The molecule has 3 rings (SSSR count). The van der Waals surface area contributed by atoms with Crippen molar-refractivity contribution >= 4 is 5.69 Å². The number of nitrogen functional groups attached to an aromatic ring is 1. The second-order valence-electron chi connectivity index (χ2n) is 5.84. The van der Waals surface area contributed by atoms with E-state index in [0.717, 1.165) is 24.1 Å². The average Bonchev–Trinajstić information content (AvgIpc) is 2.28. The van der Waals surface area contributed by atoms with Gasteiger partial charge in [0.2, 0.25) is 0 Å². The van der Waals surface area contributed by atoms with E-state index in [1.165, 1.54) is 44.3 Å². The standard InChI is InChI=1S/C15H22N2/c16-15-6-2-5-14(8-15)11-17-9-12-3-1-4-13(7-12)10-17/h2,5-6,8,12-13H,1,3-4,7,9-11,16H2. The Bertz CT molecular complexity index is 376. The molecule has 2 heteroatoms.